The number of nitrogens with two attached hydrogens (primary N) is 1. The third kappa shape index (κ3) is 5.48. The van der Waals surface area contributed by atoms with Crippen molar-refractivity contribution in [2.24, 2.45) is 5.73 Å². The molecule has 3 N–H and O–H groups in total. The van der Waals surface area contributed by atoms with Gasteiger partial charge in [0.15, 0.2) is 0 Å². The molecule has 1 aliphatic rings. The SMILES string of the molecule is N=C=O.NC1CCCCC1. The van der Waals surface area contributed by atoms with Gasteiger partial charge in [0, 0.05) is 6.04 Å². The molecular formula is C7H14N2O. The molecule has 1 saturated carbocycles. The number of nitrogens with one attached hydrogen (secondary N) is 1. The fourth-order valence-corrected chi connectivity index (χ4v) is 1.13. The molecule has 0 radical (unpaired) electrons. The van der Waals surface area contributed by atoms with E-state index in [1.807, 2.05) is 0 Å². The lowest BCUT2D eigenvalue weighted by molar-refractivity contribution is 0.441. The highest BCUT2D eigenvalue weighted by atomic mass is 16.1. The van der Waals surface area contributed by atoms with E-state index in [0.717, 1.165) is 6.08 Å². The topological polar surface area (TPSA) is 66.9 Å². The number of rotatable bonds is 0. The van der Waals surface area contributed by atoms with Gasteiger partial charge in [0.2, 0.25) is 6.08 Å². The Bertz CT molecular complexity index is 102. The van der Waals surface area contributed by atoms with Gasteiger partial charge in [0.1, 0.15) is 0 Å². The van der Waals surface area contributed by atoms with Crippen molar-refractivity contribution >= 4 is 6.08 Å². The lowest BCUT2D eigenvalue weighted by Crippen LogP contribution is -2.22. The highest BCUT2D eigenvalue weighted by Gasteiger charge is 2.06. The molecule has 0 aliphatic heterocycles. The third-order valence-corrected chi connectivity index (χ3v) is 1.65. The molecule has 0 aromatic carbocycles. The molecule has 58 valence electrons. The Balaban J connectivity index is 0.000000236. The molecule has 0 saturated heterocycles. The van der Waals surface area contributed by atoms with Crippen molar-refractivity contribution in [1.82, 2.24) is 0 Å². The molecule has 0 heterocycles. The van der Waals surface area contributed by atoms with Crippen LogP contribution in [-0.2, 0) is 4.79 Å². The minimum absolute atomic E-state index is 0.536. The fourth-order valence-electron chi connectivity index (χ4n) is 1.13. The number of isocyanates is 1. The van der Waals surface area contributed by atoms with E-state index in [1.54, 1.807) is 0 Å². The van der Waals surface area contributed by atoms with Gasteiger partial charge in [-0.3, -0.25) is 0 Å². The van der Waals surface area contributed by atoms with Crippen LogP contribution in [0.5, 0.6) is 0 Å². The molecule has 0 atom stereocenters. The van der Waals surface area contributed by atoms with E-state index in [-0.39, 0.29) is 0 Å². The zero-order valence-electron chi connectivity index (χ0n) is 6.10. The normalized spacial score (nSPS) is 18.5. The minimum atomic E-state index is 0.536. The van der Waals surface area contributed by atoms with Gasteiger partial charge in [-0.15, -0.1) is 0 Å². The molecule has 0 spiro atoms. The lowest BCUT2D eigenvalue weighted by Gasteiger charge is -2.15. The summed E-state index contributed by atoms with van der Waals surface area (Å²) in [4.78, 5) is 8.35. The summed E-state index contributed by atoms with van der Waals surface area (Å²) in [6.45, 7) is 0. The van der Waals surface area contributed by atoms with Crippen LogP contribution in [0.4, 0.5) is 0 Å². The van der Waals surface area contributed by atoms with Gasteiger partial charge in [0.25, 0.3) is 0 Å². The molecule has 0 bridgehead atoms. The van der Waals surface area contributed by atoms with Gasteiger partial charge in [-0.25, -0.2) is 10.2 Å². The van der Waals surface area contributed by atoms with Crippen LogP contribution in [0.1, 0.15) is 32.1 Å². The van der Waals surface area contributed by atoms with E-state index in [1.165, 1.54) is 32.1 Å². The first-order chi connectivity index (χ1) is 4.81. The molecule has 0 amide bonds. The molecule has 0 unspecified atom stereocenters. The maximum atomic E-state index is 8.35. The quantitative estimate of drug-likeness (QED) is 0.394. The summed E-state index contributed by atoms with van der Waals surface area (Å²) in [6.07, 6.45) is 7.41. The Morgan fingerprint density at radius 1 is 1.30 bits per heavy atom. The Morgan fingerprint density at radius 2 is 1.70 bits per heavy atom. The van der Waals surface area contributed by atoms with Crippen LogP contribution in [-0.4, -0.2) is 12.1 Å². The predicted molar refractivity (Wildman–Crippen MR) is 39.5 cm³/mol. The highest BCUT2D eigenvalue weighted by Crippen LogP contribution is 2.14. The van der Waals surface area contributed by atoms with Gasteiger partial charge in [-0.1, -0.05) is 19.3 Å². The van der Waals surface area contributed by atoms with Crippen molar-refractivity contribution in [2.45, 2.75) is 38.1 Å². The first-order valence-electron chi connectivity index (χ1n) is 3.60. The number of hydrogen-bond acceptors (Lipinski definition) is 3. The standard InChI is InChI=1S/C6H13N.CHNO/c7-6-4-2-1-3-5-6;2-1-3/h6H,1-5,7H2;2H. The van der Waals surface area contributed by atoms with Crippen molar-refractivity contribution in [3.05, 3.63) is 0 Å². The van der Waals surface area contributed by atoms with Gasteiger partial charge in [0.05, 0.1) is 0 Å². The van der Waals surface area contributed by atoms with E-state index >= 15 is 0 Å². The summed E-state index contributed by atoms with van der Waals surface area (Å²) in [6, 6.07) is 0.536. The molecule has 3 nitrogen and oxygen atoms in total. The van der Waals surface area contributed by atoms with Crippen LogP contribution in [0.2, 0.25) is 0 Å². The van der Waals surface area contributed by atoms with Crippen molar-refractivity contribution in [3.8, 4) is 0 Å². The first-order valence-corrected chi connectivity index (χ1v) is 3.60. The average Bonchev–Trinajstić information content (AvgIpc) is 1.91. The second-order valence-electron chi connectivity index (χ2n) is 2.50. The molecule has 1 fully saturated rings. The summed E-state index contributed by atoms with van der Waals surface area (Å²) in [5, 5.41) is 5.40. The second kappa shape index (κ2) is 6.46. The number of carbonyl (C=O) groups excluding carboxylic acids is 1. The largest absolute Gasteiger partial charge is 0.328 e. The third-order valence-electron chi connectivity index (χ3n) is 1.65. The molecule has 1 aliphatic carbocycles. The van der Waals surface area contributed by atoms with Crippen molar-refractivity contribution in [1.29, 1.82) is 5.41 Å². The Kier molecular flexibility index (Phi) is 6.03. The van der Waals surface area contributed by atoms with Crippen molar-refractivity contribution in [2.75, 3.05) is 0 Å². The highest BCUT2D eigenvalue weighted by molar-refractivity contribution is 5.26. The van der Waals surface area contributed by atoms with Gasteiger partial charge < -0.3 is 5.73 Å². The zero-order valence-corrected chi connectivity index (χ0v) is 6.10. The van der Waals surface area contributed by atoms with E-state index < -0.39 is 0 Å². The summed E-state index contributed by atoms with van der Waals surface area (Å²) >= 11 is 0. The Morgan fingerprint density at radius 3 is 1.90 bits per heavy atom. The van der Waals surface area contributed by atoms with Crippen LogP contribution in [0.15, 0.2) is 0 Å². The fraction of sp³-hybridized carbons (Fsp3) is 0.857. The molecular weight excluding hydrogens is 128 g/mol. The zero-order chi connectivity index (χ0) is 7.82. The van der Waals surface area contributed by atoms with E-state index in [2.05, 4.69) is 0 Å². The van der Waals surface area contributed by atoms with Crippen LogP contribution in [0, 0.1) is 5.41 Å². The van der Waals surface area contributed by atoms with Crippen LogP contribution >= 0.6 is 0 Å². The summed E-state index contributed by atoms with van der Waals surface area (Å²) in [7, 11) is 0. The maximum absolute atomic E-state index is 8.35. The van der Waals surface area contributed by atoms with Gasteiger partial charge in [-0.2, -0.15) is 0 Å². The average molecular weight is 142 g/mol. The molecule has 0 aromatic heterocycles. The van der Waals surface area contributed by atoms with Crippen LogP contribution in [0.25, 0.3) is 0 Å². The summed E-state index contributed by atoms with van der Waals surface area (Å²) < 4.78 is 0. The number of hydrogen-bond donors (Lipinski definition) is 2. The van der Waals surface area contributed by atoms with Crippen molar-refractivity contribution in [3.63, 3.8) is 0 Å². The molecule has 1 rings (SSSR count). The molecule has 0 aromatic rings. The van der Waals surface area contributed by atoms with E-state index in [0.29, 0.717) is 6.04 Å². The first kappa shape index (κ1) is 9.34. The van der Waals surface area contributed by atoms with Crippen LogP contribution in [0.3, 0.4) is 0 Å². The summed E-state index contributed by atoms with van der Waals surface area (Å²) in [5.41, 5.74) is 5.63. The predicted octanol–water partition coefficient (Wildman–Crippen LogP) is 1.18. The smallest absolute Gasteiger partial charge is 0.231 e. The second-order valence-corrected chi connectivity index (χ2v) is 2.50. The minimum Gasteiger partial charge on any atom is -0.328 e. The van der Waals surface area contributed by atoms with Crippen LogP contribution < -0.4 is 5.73 Å². The summed E-state index contributed by atoms with van der Waals surface area (Å²) in [5.74, 6) is 0. The Hall–Kier alpha value is -0.660. The van der Waals surface area contributed by atoms with Crippen molar-refractivity contribution < 1.29 is 4.79 Å². The maximum Gasteiger partial charge on any atom is 0.231 e. The van der Waals surface area contributed by atoms with E-state index in [9.17, 15) is 0 Å². The lowest BCUT2D eigenvalue weighted by atomic mass is 9.97. The van der Waals surface area contributed by atoms with Gasteiger partial charge >= 0.3 is 0 Å². The monoisotopic (exact) mass is 142 g/mol. The Labute approximate surface area is 61.1 Å². The molecule has 3 heteroatoms. The van der Waals surface area contributed by atoms with Gasteiger partial charge in [-0.05, 0) is 12.8 Å². The molecule has 10 heavy (non-hydrogen) atoms. The van der Waals surface area contributed by atoms with E-state index in [4.69, 9.17) is 15.9 Å².